The molecule has 0 aromatic carbocycles. The van der Waals surface area contributed by atoms with Crippen LogP contribution < -0.4 is 5.73 Å². The summed E-state index contributed by atoms with van der Waals surface area (Å²) in [7, 11) is 0. The number of aromatic nitrogens is 1. The molecule has 1 aromatic rings. The minimum Gasteiger partial charge on any atom is -0.382 e. The zero-order valence-electron chi connectivity index (χ0n) is 9.15. The van der Waals surface area contributed by atoms with Crippen LogP contribution in [0.4, 0.5) is 0 Å². The number of nitrogens with one attached hydrogen (secondary N) is 1. The van der Waals surface area contributed by atoms with E-state index in [1.54, 1.807) is 6.20 Å². The van der Waals surface area contributed by atoms with Crippen molar-refractivity contribution >= 4 is 5.84 Å². The van der Waals surface area contributed by atoms with Crippen LogP contribution >= 0.6 is 0 Å². The third-order valence-corrected chi connectivity index (χ3v) is 2.61. The summed E-state index contributed by atoms with van der Waals surface area (Å²) in [5.74, 6) is 0.0174. The fraction of sp³-hybridized carbons (Fsp3) is 0.455. The molecule has 0 bridgehead atoms. The van der Waals surface area contributed by atoms with Gasteiger partial charge in [0.25, 0.3) is 0 Å². The van der Waals surface area contributed by atoms with Crippen molar-refractivity contribution < 1.29 is 4.74 Å². The van der Waals surface area contributed by atoms with E-state index in [-0.39, 0.29) is 5.84 Å². The number of pyridine rings is 1. The maximum Gasteiger partial charge on any atom is 0.141 e. The summed E-state index contributed by atoms with van der Waals surface area (Å²) in [6.45, 7) is 4.37. The maximum atomic E-state index is 7.33. The van der Waals surface area contributed by atoms with Crippen LogP contribution in [0.15, 0.2) is 18.3 Å². The molecule has 5 nitrogen and oxygen atoms in total. The van der Waals surface area contributed by atoms with Gasteiger partial charge < -0.3 is 10.5 Å². The predicted molar refractivity (Wildman–Crippen MR) is 61.3 cm³/mol. The number of hydrogen-bond acceptors (Lipinski definition) is 4. The summed E-state index contributed by atoms with van der Waals surface area (Å²) in [4.78, 5) is 6.36. The number of nitrogens with two attached hydrogens (primary N) is 1. The van der Waals surface area contributed by atoms with Crippen LogP contribution in [0.25, 0.3) is 0 Å². The molecule has 16 heavy (non-hydrogen) atoms. The first-order chi connectivity index (χ1) is 7.75. The normalized spacial score (nSPS) is 17.2. The third kappa shape index (κ3) is 2.77. The summed E-state index contributed by atoms with van der Waals surface area (Å²) in [6, 6.07) is 3.83. The number of rotatable bonds is 3. The topological polar surface area (TPSA) is 75.2 Å². The molecule has 1 aromatic heterocycles. The van der Waals surface area contributed by atoms with Gasteiger partial charge in [0.1, 0.15) is 11.5 Å². The number of hydrogen-bond donors (Lipinski definition) is 2. The molecule has 0 aliphatic carbocycles. The number of nitrogen functional groups attached to an aromatic ring is 1. The molecule has 3 N–H and O–H groups in total. The Bertz CT molecular complexity index is 374. The van der Waals surface area contributed by atoms with Gasteiger partial charge >= 0.3 is 0 Å². The summed E-state index contributed by atoms with van der Waals surface area (Å²) in [5.41, 5.74) is 7.09. The number of nitrogens with zero attached hydrogens (tertiary/aromatic N) is 2. The van der Waals surface area contributed by atoms with E-state index in [4.69, 9.17) is 15.9 Å². The van der Waals surface area contributed by atoms with Gasteiger partial charge in [0.05, 0.1) is 13.2 Å². The van der Waals surface area contributed by atoms with Gasteiger partial charge in [-0.2, -0.15) is 0 Å². The predicted octanol–water partition coefficient (Wildman–Crippen LogP) is 0.198. The number of morpholine rings is 1. The lowest BCUT2D eigenvalue weighted by molar-refractivity contribution is 0.0342. The van der Waals surface area contributed by atoms with Crippen LogP contribution in [-0.4, -0.2) is 42.0 Å². The molecule has 0 radical (unpaired) electrons. The minimum atomic E-state index is 0.0174. The Morgan fingerprint density at radius 2 is 2.25 bits per heavy atom. The van der Waals surface area contributed by atoms with E-state index in [1.807, 2.05) is 12.1 Å². The Balaban J connectivity index is 2.02. The van der Waals surface area contributed by atoms with Crippen LogP contribution in [-0.2, 0) is 11.3 Å². The summed E-state index contributed by atoms with van der Waals surface area (Å²) in [5, 5.41) is 7.33. The fourth-order valence-corrected chi connectivity index (χ4v) is 1.74. The van der Waals surface area contributed by atoms with Crippen LogP contribution in [0.1, 0.15) is 11.3 Å². The standard InChI is InChI=1S/C11H16N4O/c12-11(13)10-7-9(1-2-14-10)8-15-3-5-16-6-4-15/h1-2,7H,3-6,8H2,(H3,12,13). The number of amidine groups is 1. The Morgan fingerprint density at radius 1 is 1.50 bits per heavy atom. The molecule has 0 spiro atoms. The van der Waals surface area contributed by atoms with Gasteiger partial charge in [-0.05, 0) is 17.7 Å². The molecule has 5 heteroatoms. The summed E-state index contributed by atoms with van der Waals surface area (Å²) in [6.07, 6.45) is 1.70. The van der Waals surface area contributed by atoms with Crippen LogP contribution in [0, 0.1) is 5.41 Å². The Morgan fingerprint density at radius 3 is 2.94 bits per heavy atom. The molecule has 1 fully saturated rings. The van der Waals surface area contributed by atoms with Gasteiger partial charge in [0.2, 0.25) is 0 Å². The van der Waals surface area contributed by atoms with E-state index in [9.17, 15) is 0 Å². The van der Waals surface area contributed by atoms with Gasteiger partial charge in [0.15, 0.2) is 0 Å². The zero-order valence-corrected chi connectivity index (χ0v) is 9.15. The largest absolute Gasteiger partial charge is 0.382 e. The lowest BCUT2D eigenvalue weighted by Gasteiger charge is -2.26. The van der Waals surface area contributed by atoms with E-state index >= 15 is 0 Å². The van der Waals surface area contributed by atoms with Crippen molar-refractivity contribution in [2.24, 2.45) is 5.73 Å². The molecule has 0 atom stereocenters. The second-order valence-corrected chi connectivity index (χ2v) is 3.85. The van der Waals surface area contributed by atoms with Gasteiger partial charge in [-0.1, -0.05) is 0 Å². The highest BCUT2D eigenvalue weighted by atomic mass is 16.5. The van der Waals surface area contributed by atoms with E-state index < -0.39 is 0 Å². The van der Waals surface area contributed by atoms with Crippen molar-refractivity contribution in [3.05, 3.63) is 29.6 Å². The highest BCUT2D eigenvalue weighted by molar-refractivity contribution is 5.93. The van der Waals surface area contributed by atoms with Crippen LogP contribution in [0.2, 0.25) is 0 Å². The first-order valence-corrected chi connectivity index (χ1v) is 5.35. The van der Waals surface area contributed by atoms with E-state index in [0.29, 0.717) is 5.69 Å². The van der Waals surface area contributed by atoms with Gasteiger partial charge in [-0.15, -0.1) is 0 Å². The first-order valence-electron chi connectivity index (χ1n) is 5.35. The van der Waals surface area contributed by atoms with E-state index in [1.165, 1.54) is 0 Å². The molecular weight excluding hydrogens is 204 g/mol. The van der Waals surface area contributed by atoms with Crippen molar-refractivity contribution in [1.29, 1.82) is 5.41 Å². The second kappa shape index (κ2) is 5.05. The molecule has 0 amide bonds. The van der Waals surface area contributed by atoms with Crippen molar-refractivity contribution in [3.8, 4) is 0 Å². The smallest absolute Gasteiger partial charge is 0.141 e. The Labute approximate surface area is 94.7 Å². The Hall–Kier alpha value is -1.46. The average molecular weight is 220 g/mol. The van der Waals surface area contributed by atoms with E-state index in [0.717, 1.165) is 38.4 Å². The SMILES string of the molecule is N=C(N)c1cc(CN2CCOCC2)ccn1. The first kappa shape index (κ1) is 11.0. The maximum absolute atomic E-state index is 7.33. The molecule has 2 rings (SSSR count). The van der Waals surface area contributed by atoms with Crippen LogP contribution in [0.5, 0.6) is 0 Å². The molecule has 1 aliphatic heterocycles. The summed E-state index contributed by atoms with van der Waals surface area (Å²) < 4.78 is 5.29. The minimum absolute atomic E-state index is 0.0174. The Kier molecular flexibility index (Phi) is 3.48. The lowest BCUT2D eigenvalue weighted by atomic mass is 10.2. The van der Waals surface area contributed by atoms with E-state index in [2.05, 4.69) is 9.88 Å². The van der Waals surface area contributed by atoms with Crippen molar-refractivity contribution in [2.75, 3.05) is 26.3 Å². The average Bonchev–Trinajstić information content (AvgIpc) is 2.30. The zero-order chi connectivity index (χ0) is 11.4. The molecule has 2 heterocycles. The van der Waals surface area contributed by atoms with Crippen molar-refractivity contribution in [3.63, 3.8) is 0 Å². The van der Waals surface area contributed by atoms with Gasteiger partial charge in [0, 0.05) is 25.8 Å². The second-order valence-electron chi connectivity index (χ2n) is 3.85. The molecule has 86 valence electrons. The van der Waals surface area contributed by atoms with Crippen molar-refractivity contribution in [2.45, 2.75) is 6.54 Å². The fourth-order valence-electron chi connectivity index (χ4n) is 1.74. The molecule has 0 saturated carbocycles. The molecular formula is C11H16N4O. The highest BCUT2D eigenvalue weighted by Gasteiger charge is 2.11. The molecule has 1 aliphatic rings. The molecule has 1 saturated heterocycles. The van der Waals surface area contributed by atoms with Gasteiger partial charge in [-0.25, -0.2) is 0 Å². The third-order valence-electron chi connectivity index (χ3n) is 2.61. The number of ether oxygens (including phenoxy) is 1. The summed E-state index contributed by atoms with van der Waals surface area (Å²) >= 11 is 0. The van der Waals surface area contributed by atoms with Crippen molar-refractivity contribution in [1.82, 2.24) is 9.88 Å². The molecule has 0 unspecified atom stereocenters. The quantitative estimate of drug-likeness (QED) is 0.563. The monoisotopic (exact) mass is 220 g/mol. The van der Waals surface area contributed by atoms with Crippen LogP contribution in [0.3, 0.4) is 0 Å². The lowest BCUT2D eigenvalue weighted by Crippen LogP contribution is -2.35. The van der Waals surface area contributed by atoms with Gasteiger partial charge in [-0.3, -0.25) is 15.3 Å². The highest BCUT2D eigenvalue weighted by Crippen LogP contribution is 2.07.